The molecule has 2 saturated heterocycles. The van der Waals surface area contributed by atoms with Crippen LogP contribution in [0, 0.1) is 0 Å². The summed E-state index contributed by atoms with van der Waals surface area (Å²) >= 11 is 0. The van der Waals surface area contributed by atoms with E-state index in [4.69, 9.17) is 4.74 Å². The summed E-state index contributed by atoms with van der Waals surface area (Å²) in [6.45, 7) is 6.37. The number of nitrogens with one attached hydrogen (secondary N) is 1. The van der Waals surface area contributed by atoms with E-state index in [0.29, 0.717) is 18.8 Å². The number of methoxy groups -OCH3 is 1. The Hall–Kier alpha value is -4.21. The van der Waals surface area contributed by atoms with Gasteiger partial charge in [-0.2, -0.15) is 0 Å². The number of piperazine rings is 2. The van der Waals surface area contributed by atoms with Gasteiger partial charge in [-0.1, -0.05) is 36.4 Å². The van der Waals surface area contributed by atoms with Crippen molar-refractivity contribution in [1.82, 2.24) is 29.6 Å². The lowest BCUT2D eigenvalue weighted by Crippen LogP contribution is -2.61. The van der Waals surface area contributed by atoms with E-state index in [9.17, 15) is 9.59 Å². The zero-order valence-corrected chi connectivity index (χ0v) is 23.4. The molecule has 4 aromatic rings. The summed E-state index contributed by atoms with van der Waals surface area (Å²) in [4.78, 5) is 43.5. The number of carbonyl (C=O) groups is 2. The van der Waals surface area contributed by atoms with Crippen LogP contribution in [0.4, 0.5) is 0 Å². The first-order valence-corrected chi connectivity index (χ1v) is 14.2. The lowest BCUT2D eigenvalue weighted by Gasteiger charge is -2.44. The van der Waals surface area contributed by atoms with E-state index in [-0.39, 0.29) is 24.4 Å². The van der Waals surface area contributed by atoms with Crippen LogP contribution < -0.4 is 4.74 Å². The minimum absolute atomic E-state index is 0.0231. The number of ether oxygens (including phenoxy) is 1. The van der Waals surface area contributed by atoms with Crippen molar-refractivity contribution in [3.8, 4) is 5.75 Å². The summed E-state index contributed by atoms with van der Waals surface area (Å²) in [5.74, 6) is 0.559. The molecule has 2 aliphatic heterocycles. The number of amides is 2. The molecule has 0 spiro atoms. The third-order valence-electron chi connectivity index (χ3n) is 8.11. The summed E-state index contributed by atoms with van der Waals surface area (Å²) in [5, 5.41) is 0.905. The molecule has 0 unspecified atom stereocenters. The van der Waals surface area contributed by atoms with Gasteiger partial charge in [0.1, 0.15) is 18.0 Å². The number of aromatic nitrogens is 2. The van der Waals surface area contributed by atoms with Crippen LogP contribution >= 0.6 is 0 Å². The molecule has 2 aliphatic rings. The number of hydrogen-bond acceptors (Lipinski definition) is 6. The Kier molecular flexibility index (Phi) is 7.98. The minimum Gasteiger partial charge on any atom is -0.497 e. The molecule has 2 aromatic carbocycles. The molecule has 1 atom stereocenters. The Labute approximate surface area is 240 Å². The number of fused-ring (bicyclic) bond motifs is 1. The monoisotopic (exact) mass is 552 g/mol. The zero-order chi connectivity index (χ0) is 28.2. The van der Waals surface area contributed by atoms with Gasteiger partial charge in [0.2, 0.25) is 5.91 Å². The fourth-order valence-corrected chi connectivity index (χ4v) is 5.86. The molecule has 2 aromatic heterocycles. The standard InChI is InChI=1S/C32H36N6O3/c1-41-28-10-11-29-25(17-28)18-30(34-29)32(40)37-22-27(38(31(39)23-37)19-24-7-3-2-4-8-24)21-36-15-13-35(14-16-36)20-26-9-5-6-12-33-26/h2-12,17-18,27,34H,13-16,19-23H2,1H3/t27-/m0/s1. The van der Waals surface area contributed by atoms with Crippen molar-refractivity contribution in [1.29, 1.82) is 0 Å². The van der Waals surface area contributed by atoms with Gasteiger partial charge in [0.05, 0.1) is 18.8 Å². The number of nitrogens with zero attached hydrogens (tertiary/aromatic N) is 5. The van der Waals surface area contributed by atoms with E-state index in [1.54, 1.807) is 12.0 Å². The number of rotatable bonds is 8. The maximum atomic E-state index is 13.7. The average molecular weight is 553 g/mol. The number of benzene rings is 2. The van der Waals surface area contributed by atoms with Crippen LogP contribution in [0.25, 0.3) is 10.9 Å². The van der Waals surface area contributed by atoms with E-state index < -0.39 is 0 Å². The van der Waals surface area contributed by atoms with E-state index in [0.717, 1.165) is 67.2 Å². The van der Waals surface area contributed by atoms with Gasteiger partial charge in [0.15, 0.2) is 0 Å². The Morgan fingerprint density at radius 3 is 2.49 bits per heavy atom. The van der Waals surface area contributed by atoms with Gasteiger partial charge in [-0.25, -0.2) is 0 Å². The van der Waals surface area contributed by atoms with Crippen molar-refractivity contribution < 1.29 is 14.3 Å². The van der Waals surface area contributed by atoms with Crippen molar-refractivity contribution in [2.75, 3.05) is 52.9 Å². The lowest BCUT2D eigenvalue weighted by atomic mass is 10.1. The van der Waals surface area contributed by atoms with Crippen LogP contribution in [0.5, 0.6) is 5.75 Å². The Bertz CT molecular complexity index is 1480. The molecule has 0 saturated carbocycles. The second-order valence-electron chi connectivity index (χ2n) is 10.9. The fraction of sp³-hybridized carbons (Fsp3) is 0.344. The summed E-state index contributed by atoms with van der Waals surface area (Å²) in [5.41, 5.74) is 3.52. The Morgan fingerprint density at radius 2 is 1.73 bits per heavy atom. The number of H-pyrrole nitrogens is 1. The van der Waals surface area contributed by atoms with Gasteiger partial charge < -0.3 is 19.5 Å². The SMILES string of the molecule is COc1ccc2[nH]c(C(=O)N3CC(=O)N(Cc4ccccc4)[C@@H](CN4CCN(Cc5ccccn5)CC4)C3)cc2c1. The molecule has 212 valence electrons. The predicted molar refractivity (Wildman–Crippen MR) is 157 cm³/mol. The van der Waals surface area contributed by atoms with Gasteiger partial charge in [-0.15, -0.1) is 0 Å². The largest absolute Gasteiger partial charge is 0.497 e. The van der Waals surface area contributed by atoms with Crippen molar-refractivity contribution >= 4 is 22.7 Å². The number of aromatic amines is 1. The molecule has 9 heteroatoms. The summed E-state index contributed by atoms with van der Waals surface area (Å²) in [7, 11) is 1.63. The normalized spacial score (nSPS) is 18.7. The van der Waals surface area contributed by atoms with Crippen LogP contribution in [0.15, 0.2) is 79.0 Å². The Morgan fingerprint density at radius 1 is 0.951 bits per heavy atom. The zero-order valence-electron chi connectivity index (χ0n) is 23.4. The molecule has 6 rings (SSSR count). The molecule has 0 bridgehead atoms. The maximum Gasteiger partial charge on any atom is 0.270 e. The first-order chi connectivity index (χ1) is 20.1. The fourth-order valence-electron chi connectivity index (χ4n) is 5.86. The summed E-state index contributed by atoms with van der Waals surface area (Å²) in [6.07, 6.45) is 1.84. The first-order valence-electron chi connectivity index (χ1n) is 14.2. The van der Waals surface area contributed by atoms with Crippen LogP contribution in [-0.2, 0) is 17.9 Å². The van der Waals surface area contributed by atoms with Crippen LogP contribution in [0.3, 0.4) is 0 Å². The molecule has 4 heterocycles. The number of hydrogen-bond donors (Lipinski definition) is 1. The van der Waals surface area contributed by atoms with E-state index in [2.05, 4.69) is 38.0 Å². The van der Waals surface area contributed by atoms with E-state index >= 15 is 0 Å². The van der Waals surface area contributed by atoms with Gasteiger partial charge in [-0.3, -0.25) is 24.4 Å². The maximum absolute atomic E-state index is 13.7. The molecule has 2 fully saturated rings. The van der Waals surface area contributed by atoms with Crippen molar-refractivity contribution in [3.63, 3.8) is 0 Å². The second-order valence-corrected chi connectivity index (χ2v) is 10.9. The van der Waals surface area contributed by atoms with E-state index in [1.807, 2.05) is 65.7 Å². The van der Waals surface area contributed by atoms with Crippen molar-refractivity contribution in [2.45, 2.75) is 19.1 Å². The molecule has 41 heavy (non-hydrogen) atoms. The highest BCUT2D eigenvalue weighted by atomic mass is 16.5. The lowest BCUT2D eigenvalue weighted by molar-refractivity contribution is -0.140. The van der Waals surface area contributed by atoms with Gasteiger partial charge in [0, 0.05) is 69.5 Å². The highest BCUT2D eigenvalue weighted by molar-refractivity contribution is 6.00. The van der Waals surface area contributed by atoms with Crippen molar-refractivity contribution in [2.24, 2.45) is 0 Å². The Balaban J connectivity index is 1.16. The summed E-state index contributed by atoms with van der Waals surface area (Å²) in [6, 6.07) is 23.5. The van der Waals surface area contributed by atoms with E-state index in [1.165, 1.54) is 0 Å². The topological polar surface area (TPSA) is 85.0 Å². The third kappa shape index (κ3) is 6.26. The average Bonchev–Trinajstić information content (AvgIpc) is 3.44. The quantitative estimate of drug-likeness (QED) is 0.361. The molecule has 2 amide bonds. The predicted octanol–water partition coefficient (Wildman–Crippen LogP) is 3.24. The highest BCUT2D eigenvalue weighted by Crippen LogP contribution is 2.24. The van der Waals surface area contributed by atoms with Crippen LogP contribution in [-0.4, -0.2) is 100 Å². The first kappa shape index (κ1) is 27.0. The van der Waals surface area contributed by atoms with Crippen LogP contribution in [0.2, 0.25) is 0 Å². The highest BCUT2D eigenvalue weighted by Gasteiger charge is 2.37. The molecular formula is C32H36N6O3. The molecule has 0 radical (unpaired) electrons. The second kappa shape index (κ2) is 12.1. The van der Waals surface area contributed by atoms with Gasteiger partial charge in [0.25, 0.3) is 5.91 Å². The van der Waals surface area contributed by atoms with Crippen molar-refractivity contribution in [3.05, 3.63) is 95.9 Å². The van der Waals surface area contributed by atoms with Gasteiger partial charge >= 0.3 is 0 Å². The minimum atomic E-state index is -0.155. The smallest absolute Gasteiger partial charge is 0.270 e. The number of carbonyl (C=O) groups excluding carboxylic acids is 2. The summed E-state index contributed by atoms with van der Waals surface area (Å²) < 4.78 is 5.34. The van der Waals surface area contributed by atoms with Crippen LogP contribution in [0.1, 0.15) is 21.7 Å². The molecule has 1 N–H and O–H groups in total. The molecular weight excluding hydrogens is 516 g/mol. The number of pyridine rings is 1. The third-order valence-corrected chi connectivity index (χ3v) is 8.11. The molecule has 9 nitrogen and oxygen atoms in total. The van der Waals surface area contributed by atoms with Gasteiger partial charge in [-0.05, 0) is 42.0 Å². The molecule has 0 aliphatic carbocycles.